The van der Waals surface area contributed by atoms with Gasteiger partial charge in [0.2, 0.25) is 10.0 Å². The molecule has 3 aromatic rings. The van der Waals surface area contributed by atoms with Gasteiger partial charge < -0.3 is 0 Å². The highest BCUT2D eigenvalue weighted by molar-refractivity contribution is 9.10. The molecule has 0 aliphatic heterocycles. The summed E-state index contributed by atoms with van der Waals surface area (Å²) in [7, 11) is -3.43. The van der Waals surface area contributed by atoms with Crippen molar-refractivity contribution in [2.24, 2.45) is 0 Å². The number of hydrogen-bond acceptors (Lipinski definition) is 2. The van der Waals surface area contributed by atoms with Gasteiger partial charge in [0.25, 0.3) is 0 Å². The van der Waals surface area contributed by atoms with Gasteiger partial charge in [-0.3, -0.25) is 0 Å². The summed E-state index contributed by atoms with van der Waals surface area (Å²) in [6, 6.07) is 16.9. The largest absolute Gasteiger partial charge is 0.237 e. The molecule has 0 aliphatic carbocycles. The third kappa shape index (κ3) is 2.62. The maximum absolute atomic E-state index is 12.2. The van der Waals surface area contributed by atoms with Crippen LogP contribution >= 0.6 is 15.9 Å². The van der Waals surface area contributed by atoms with Gasteiger partial charge in [-0.1, -0.05) is 52.8 Å². The molecule has 0 spiro atoms. The summed E-state index contributed by atoms with van der Waals surface area (Å²) in [6.07, 6.45) is 1.21. The molecule has 0 fully saturated rings. The lowest BCUT2D eigenvalue weighted by molar-refractivity contribution is 0.595. The van der Waals surface area contributed by atoms with Crippen molar-refractivity contribution in [3.8, 4) is 0 Å². The van der Waals surface area contributed by atoms with E-state index in [9.17, 15) is 8.42 Å². The molecule has 3 nitrogen and oxygen atoms in total. The van der Waals surface area contributed by atoms with Crippen molar-refractivity contribution >= 4 is 42.4 Å². The Bertz CT molecular complexity index is 970. The molecule has 1 heterocycles. The van der Waals surface area contributed by atoms with E-state index in [1.165, 1.54) is 10.2 Å². The van der Waals surface area contributed by atoms with Gasteiger partial charge in [0.05, 0.1) is 17.5 Å². The van der Waals surface area contributed by atoms with Crippen molar-refractivity contribution in [2.75, 3.05) is 6.26 Å². The summed E-state index contributed by atoms with van der Waals surface area (Å²) in [6.45, 7) is 4.09. The SMILES string of the molecule is C=C(c1ccc(Br)cc1)c1cc2ccccc2n1S(C)(=O)=O. The van der Waals surface area contributed by atoms with Crippen LogP contribution in [0.5, 0.6) is 0 Å². The molecule has 0 N–H and O–H groups in total. The van der Waals surface area contributed by atoms with Crippen LogP contribution in [0, 0.1) is 0 Å². The quantitative estimate of drug-likeness (QED) is 0.685. The molecule has 0 saturated heterocycles. The minimum Gasteiger partial charge on any atom is -0.237 e. The first-order valence-electron chi connectivity index (χ1n) is 6.64. The van der Waals surface area contributed by atoms with E-state index in [2.05, 4.69) is 22.5 Å². The molecular formula is C17H14BrNO2S. The monoisotopic (exact) mass is 375 g/mol. The van der Waals surface area contributed by atoms with Crippen LogP contribution in [-0.4, -0.2) is 18.6 Å². The number of nitrogens with zero attached hydrogens (tertiary/aromatic N) is 1. The lowest BCUT2D eigenvalue weighted by Crippen LogP contribution is -2.12. The molecule has 0 atom stereocenters. The Morgan fingerprint density at radius 1 is 1.09 bits per heavy atom. The van der Waals surface area contributed by atoms with Gasteiger partial charge >= 0.3 is 0 Å². The van der Waals surface area contributed by atoms with Crippen molar-refractivity contribution in [3.05, 3.63) is 76.9 Å². The number of hydrogen-bond donors (Lipinski definition) is 0. The number of aromatic nitrogens is 1. The molecular weight excluding hydrogens is 362 g/mol. The van der Waals surface area contributed by atoms with Crippen LogP contribution in [0.4, 0.5) is 0 Å². The Hall–Kier alpha value is -1.85. The summed E-state index contributed by atoms with van der Waals surface area (Å²) in [5.74, 6) is 0. The second-order valence-corrected chi connectivity index (χ2v) is 7.85. The summed E-state index contributed by atoms with van der Waals surface area (Å²) < 4.78 is 26.8. The van der Waals surface area contributed by atoms with E-state index in [1.807, 2.05) is 48.5 Å². The lowest BCUT2D eigenvalue weighted by atomic mass is 10.1. The third-order valence-corrected chi connectivity index (χ3v) is 5.09. The lowest BCUT2D eigenvalue weighted by Gasteiger charge is -2.11. The molecule has 0 amide bonds. The molecule has 5 heteroatoms. The Morgan fingerprint density at radius 2 is 1.73 bits per heavy atom. The van der Waals surface area contributed by atoms with Crippen LogP contribution in [0.1, 0.15) is 11.3 Å². The zero-order valence-corrected chi connectivity index (χ0v) is 14.4. The molecule has 0 aliphatic rings. The molecule has 3 rings (SSSR count). The standard InChI is InChI=1S/C17H14BrNO2S/c1-12(13-7-9-15(18)10-8-13)17-11-14-5-3-4-6-16(14)19(17)22(2,20)21/h3-11H,1H2,2H3. The maximum Gasteiger partial charge on any atom is 0.236 e. The molecule has 0 unspecified atom stereocenters. The Labute approximate surface area is 138 Å². The summed E-state index contributed by atoms with van der Waals surface area (Å²) in [4.78, 5) is 0. The van der Waals surface area contributed by atoms with Crippen LogP contribution < -0.4 is 0 Å². The Balaban J connectivity index is 2.26. The summed E-state index contributed by atoms with van der Waals surface area (Å²) in [5.41, 5.74) is 2.81. The highest BCUT2D eigenvalue weighted by Crippen LogP contribution is 2.30. The number of para-hydroxylation sites is 1. The number of benzene rings is 2. The predicted molar refractivity (Wildman–Crippen MR) is 94.5 cm³/mol. The van der Waals surface area contributed by atoms with Gasteiger partial charge in [-0.05, 0) is 35.4 Å². The van der Waals surface area contributed by atoms with Crippen LogP contribution in [0.3, 0.4) is 0 Å². The number of rotatable bonds is 3. The summed E-state index contributed by atoms with van der Waals surface area (Å²) in [5, 5.41) is 0.876. The minimum absolute atomic E-state index is 0.589. The van der Waals surface area contributed by atoms with Gasteiger partial charge in [0.1, 0.15) is 0 Å². The first kappa shape index (κ1) is 15.1. The fourth-order valence-electron chi connectivity index (χ4n) is 2.50. The molecule has 2 aromatic carbocycles. The second-order valence-electron chi connectivity index (χ2n) is 5.10. The molecule has 0 saturated carbocycles. The first-order valence-corrected chi connectivity index (χ1v) is 9.28. The Kier molecular flexibility index (Phi) is 3.70. The van der Waals surface area contributed by atoms with Gasteiger partial charge in [-0.25, -0.2) is 12.4 Å². The normalized spacial score (nSPS) is 11.7. The highest BCUT2D eigenvalue weighted by atomic mass is 79.9. The molecule has 112 valence electrons. The van der Waals surface area contributed by atoms with Gasteiger partial charge in [-0.15, -0.1) is 0 Å². The van der Waals surface area contributed by atoms with Crippen molar-refractivity contribution in [3.63, 3.8) is 0 Å². The molecule has 0 bridgehead atoms. The van der Waals surface area contributed by atoms with Crippen LogP contribution in [0.15, 0.2) is 65.6 Å². The minimum atomic E-state index is -3.43. The number of halogens is 1. The molecule has 1 aromatic heterocycles. The smallest absolute Gasteiger partial charge is 0.236 e. The van der Waals surface area contributed by atoms with Gasteiger partial charge in [-0.2, -0.15) is 0 Å². The second kappa shape index (κ2) is 5.41. The molecule has 22 heavy (non-hydrogen) atoms. The van der Waals surface area contributed by atoms with E-state index >= 15 is 0 Å². The van der Waals surface area contributed by atoms with Crippen LogP contribution in [0.25, 0.3) is 16.5 Å². The third-order valence-electron chi connectivity index (χ3n) is 3.50. The van der Waals surface area contributed by atoms with Gasteiger partial charge in [0.15, 0.2) is 0 Å². The van der Waals surface area contributed by atoms with Crippen molar-refractivity contribution in [1.82, 2.24) is 3.97 Å². The Morgan fingerprint density at radius 3 is 2.36 bits per heavy atom. The topological polar surface area (TPSA) is 39.1 Å². The van der Waals surface area contributed by atoms with Crippen molar-refractivity contribution in [2.45, 2.75) is 0 Å². The van der Waals surface area contributed by atoms with Crippen molar-refractivity contribution < 1.29 is 8.42 Å². The fraction of sp³-hybridized carbons (Fsp3) is 0.0588. The van der Waals surface area contributed by atoms with Crippen molar-refractivity contribution in [1.29, 1.82) is 0 Å². The van der Waals surface area contributed by atoms with E-state index < -0.39 is 10.0 Å². The van der Waals surface area contributed by atoms with Crippen LogP contribution in [0.2, 0.25) is 0 Å². The molecule has 0 radical (unpaired) electrons. The van der Waals surface area contributed by atoms with E-state index in [4.69, 9.17) is 0 Å². The summed E-state index contributed by atoms with van der Waals surface area (Å²) >= 11 is 3.39. The number of fused-ring (bicyclic) bond motifs is 1. The van der Waals surface area contributed by atoms with E-state index in [-0.39, 0.29) is 0 Å². The zero-order valence-electron chi connectivity index (χ0n) is 12.0. The average molecular weight is 376 g/mol. The fourth-order valence-corrected chi connectivity index (χ4v) is 3.80. The van der Waals surface area contributed by atoms with Crippen LogP contribution in [-0.2, 0) is 10.0 Å². The highest BCUT2D eigenvalue weighted by Gasteiger charge is 2.18. The van der Waals surface area contributed by atoms with E-state index in [1.54, 1.807) is 6.07 Å². The first-order chi connectivity index (χ1) is 10.4. The van der Waals surface area contributed by atoms with E-state index in [0.717, 1.165) is 15.4 Å². The average Bonchev–Trinajstić information content (AvgIpc) is 2.86. The maximum atomic E-state index is 12.2. The van der Waals surface area contributed by atoms with E-state index in [0.29, 0.717) is 16.8 Å². The predicted octanol–water partition coefficient (Wildman–Crippen LogP) is 4.27. The van der Waals surface area contributed by atoms with Gasteiger partial charge in [0, 0.05) is 9.86 Å². The zero-order chi connectivity index (χ0) is 15.9.